The van der Waals surface area contributed by atoms with Gasteiger partial charge in [-0.1, -0.05) is 12.1 Å². The van der Waals surface area contributed by atoms with Crippen LogP contribution in [0.15, 0.2) is 10.6 Å². The Bertz CT molecular complexity index is 439. The minimum absolute atomic E-state index is 0.00144. The van der Waals surface area contributed by atoms with Gasteiger partial charge in [0, 0.05) is 12.6 Å². The van der Waals surface area contributed by atoms with Crippen LogP contribution in [0.25, 0.3) is 0 Å². The Hall–Kier alpha value is -1.36. The highest BCUT2D eigenvalue weighted by Crippen LogP contribution is 2.33. The Balaban J connectivity index is 2.20. The van der Waals surface area contributed by atoms with Crippen molar-refractivity contribution in [1.29, 1.82) is 0 Å². The van der Waals surface area contributed by atoms with E-state index < -0.39 is 5.54 Å². The van der Waals surface area contributed by atoms with E-state index in [4.69, 9.17) is 10.3 Å². The van der Waals surface area contributed by atoms with Crippen LogP contribution < -0.4 is 5.73 Å². The van der Waals surface area contributed by atoms with Crippen molar-refractivity contribution >= 4 is 5.91 Å². The number of rotatable bonds is 3. The van der Waals surface area contributed by atoms with Crippen LogP contribution in [-0.2, 0) is 4.79 Å². The van der Waals surface area contributed by atoms with Crippen LogP contribution in [0.5, 0.6) is 0 Å². The van der Waals surface area contributed by atoms with Crippen LogP contribution in [0.4, 0.5) is 0 Å². The van der Waals surface area contributed by atoms with Gasteiger partial charge in [-0.15, -0.1) is 0 Å². The molecule has 1 aliphatic rings. The minimum atomic E-state index is -0.794. The fraction of sp³-hybridized carbons (Fsp3) is 0.692. The number of nitrogens with two attached hydrogens (primary N) is 1. The fourth-order valence-electron chi connectivity index (χ4n) is 2.33. The van der Waals surface area contributed by atoms with Gasteiger partial charge in [-0.05, 0) is 33.1 Å². The number of carbonyl (C=O) groups excluding carboxylic acids is 1. The van der Waals surface area contributed by atoms with Gasteiger partial charge >= 0.3 is 0 Å². The molecule has 100 valence electrons. The second-order valence-corrected chi connectivity index (χ2v) is 5.30. The summed E-state index contributed by atoms with van der Waals surface area (Å²) >= 11 is 0. The normalized spacial score (nSPS) is 23.1. The molecule has 5 nitrogen and oxygen atoms in total. The van der Waals surface area contributed by atoms with E-state index in [0.717, 1.165) is 30.8 Å². The van der Waals surface area contributed by atoms with Crippen LogP contribution in [0, 0.1) is 6.92 Å². The minimum Gasteiger partial charge on any atom is -0.359 e. The molecule has 2 atom stereocenters. The van der Waals surface area contributed by atoms with Crippen molar-refractivity contribution in [1.82, 2.24) is 10.1 Å². The highest BCUT2D eigenvalue weighted by molar-refractivity contribution is 5.86. The van der Waals surface area contributed by atoms with Gasteiger partial charge in [0.15, 0.2) is 5.76 Å². The monoisotopic (exact) mass is 251 g/mol. The fourth-order valence-corrected chi connectivity index (χ4v) is 2.33. The highest BCUT2D eigenvalue weighted by Gasteiger charge is 2.39. The van der Waals surface area contributed by atoms with Crippen molar-refractivity contribution in [3.8, 4) is 0 Å². The van der Waals surface area contributed by atoms with Crippen molar-refractivity contribution in [2.75, 3.05) is 6.54 Å². The van der Waals surface area contributed by atoms with Gasteiger partial charge in [0.25, 0.3) is 0 Å². The second kappa shape index (κ2) is 4.72. The molecule has 18 heavy (non-hydrogen) atoms. The zero-order valence-corrected chi connectivity index (χ0v) is 11.3. The maximum absolute atomic E-state index is 12.4. The lowest BCUT2D eigenvalue weighted by Crippen LogP contribution is -2.52. The largest absolute Gasteiger partial charge is 0.359 e. The van der Waals surface area contributed by atoms with Crippen LogP contribution >= 0.6 is 0 Å². The first-order chi connectivity index (χ1) is 8.45. The third kappa shape index (κ3) is 2.27. The van der Waals surface area contributed by atoms with Gasteiger partial charge in [-0.2, -0.15) is 0 Å². The summed E-state index contributed by atoms with van der Waals surface area (Å²) < 4.78 is 5.29. The molecule has 2 N–H and O–H groups in total. The molecule has 0 bridgehead atoms. The molecule has 0 aliphatic carbocycles. The topological polar surface area (TPSA) is 72.4 Å². The molecule has 1 amide bonds. The van der Waals surface area contributed by atoms with Gasteiger partial charge in [-0.25, -0.2) is 0 Å². The zero-order chi connectivity index (χ0) is 13.3. The molecule has 1 saturated heterocycles. The van der Waals surface area contributed by atoms with Crippen molar-refractivity contribution in [2.24, 2.45) is 5.73 Å². The first kappa shape index (κ1) is 13.1. The molecule has 1 aromatic heterocycles. The van der Waals surface area contributed by atoms with E-state index in [0.29, 0.717) is 6.42 Å². The van der Waals surface area contributed by atoms with Gasteiger partial charge < -0.3 is 15.2 Å². The molecule has 0 spiro atoms. The van der Waals surface area contributed by atoms with Crippen LogP contribution in [0.1, 0.15) is 50.6 Å². The molecular formula is C13H21N3O2. The molecule has 2 unspecified atom stereocenters. The predicted molar refractivity (Wildman–Crippen MR) is 67.8 cm³/mol. The third-order valence-corrected chi connectivity index (χ3v) is 3.71. The number of aryl methyl sites for hydroxylation is 1. The smallest absolute Gasteiger partial charge is 0.242 e. The Kier molecular flexibility index (Phi) is 3.43. The Morgan fingerprint density at radius 2 is 2.44 bits per heavy atom. The molecule has 0 saturated carbocycles. The van der Waals surface area contributed by atoms with E-state index in [1.165, 1.54) is 0 Å². The Labute approximate surface area is 107 Å². The first-order valence-corrected chi connectivity index (χ1v) is 6.49. The standard InChI is InChI=1S/C13H21N3O2/c1-4-13(3,14)12(17)16-7-5-6-10(16)11-8-9(2)15-18-11/h8,10H,4-7,14H2,1-3H3. The van der Waals surface area contributed by atoms with Crippen molar-refractivity contribution < 1.29 is 9.32 Å². The van der Waals surface area contributed by atoms with E-state index in [1.54, 1.807) is 6.92 Å². The van der Waals surface area contributed by atoms with Crippen LogP contribution in [0.2, 0.25) is 0 Å². The number of hydrogen-bond acceptors (Lipinski definition) is 4. The third-order valence-electron chi connectivity index (χ3n) is 3.71. The molecule has 2 heterocycles. The van der Waals surface area contributed by atoms with E-state index >= 15 is 0 Å². The van der Waals surface area contributed by atoms with E-state index in [2.05, 4.69) is 5.16 Å². The van der Waals surface area contributed by atoms with Crippen molar-refractivity contribution in [2.45, 2.75) is 51.6 Å². The quantitative estimate of drug-likeness (QED) is 0.888. The first-order valence-electron chi connectivity index (χ1n) is 6.49. The SMILES string of the molecule is CCC(C)(N)C(=O)N1CCCC1c1cc(C)no1. The summed E-state index contributed by atoms with van der Waals surface area (Å²) in [5.41, 5.74) is 6.10. The molecule has 1 fully saturated rings. The van der Waals surface area contributed by atoms with E-state index in [-0.39, 0.29) is 11.9 Å². The second-order valence-electron chi connectivity index (χ2n) is 5.30. The lowest BCUT2D eigenvalue weighted by molar-refractivity contribution is -0.137. The number of likely N-dealkylation sites (tertiary alicyclic amines) is 1. The number of amides is 1. The van der Waals surface area contributed by atoms with Crippen LogP contribution in [0.3, 0.4) is 0 Å². The number of hydrogen-bond donors (Lipinski definition) is 1. The van der Waals surface area contributed by atoms with Crippen molar-refractivity contribution in [3.63, 3.8) is 0 Å². The summed E-state index contributed by atoms with van der Waals surface area (Å²) in [5.74, 6) is 0.770. The average Bonchev–Trinajstić information content (AvgIpc) is 2.95. The Morgan fingerprint density at radius 3 is 3.00 bits per heavy atom. The Morgan fingerprint density at radius 1 is 1.72 bits per heavy atom. The lowest BCUT2D eigenvalue weighted by Gasteiger charge is -2.31. The summed E-state index contributed by atoms with van der Waals surface area (Å²) in [6.45, 7) is 6.35. The predicted octanol–water partition coefficient (Wildman–Crippen LogP) is 1.77. The zero-order valence-electron chi connectivity index (χ0n) is 11.3. The average molecular weight is 251 g/mol. The summed E-state index contributed by atoms with van der Waals surface area (Å²) in [7, 11) is 0. The van der Waals surface area contributed by atoms with Gasteiger partial charge in [-0.3, -0.25) is 4.79 Å². The molecule has 0 aromatic carbocycles. The molecule has 1 aromatic rings. The lowest BCUT2D eigenvalue weighted by atomic mass is 9.98. The summed E-state index contributed by atoms with van der Waals surface area (Å²) in [4.78, 5) is 14.3. The molecular weight excluding hydrogens is 230 g/mol. The van der Waals surface area contributed by atoms with Crippen molar-refractivity contribution in [3.05, 3.63) is 17.5 Å². The number of nitrogens with zero attached hydrogens (tertiary/aromatic N) is 2. The molecule has 0 radical (unpaired) electrons. The summed E-state index contributed by atoms with van der Waals surface area (Å²) in [5, 5.41) is 3.89. The maximum Gasteiger partial charge on any atom is 0.242 e. The molecule has 5 heteroatoms. The molecule has 1 aliphatic heterocycles. The molecule has 2 rings (SSSR count). The maximum atomic E-state index is 12.4. The van der Waals surface area contributed by atoms with Gasteiger partial charge in [0.2, 0.25) is 5.91 Å². The van der Waals surface area contributed by atoms with Crippen LogP contribution in [-0.4, -0.2) is 28.0 Å². The number of aromatic nitrogens is 1. The summed E-state index contributed by atoms with van der Waals surface area (Å²) in [6.07, 6.45) is 2.53. The summed E-state index contributed by atoms with van der Waals surface area (Å²) in [6, 6.07) is 1.89. The highest BCUT2D eigenvalue weighted by atomic mass is 16.5. The van der Waals surface area contributed by atoms with E-state index in [9.17, 15) is 4.79 Å². The van der Waals surface area contributed by atoms with Gasteiger partial charge in [0.1, 0.15) is 0 Å². The van der Waals surface area contributed by atoms with Gasteiger partial charge in [0.05, 0.1) is 17.3 Å². The van der Waals surface area contributed by atoms with E-state index in [1.807, 2.05) is 24.8 Å². The number of carbonyl (C=O) groups is 1.